The third-order valence-electron chi connectivity index (χ3n) is 2.49. The first-order valence-electron chi connectivity index (χ1n) is 5.62. The van der Waals surface area contributed by atoms with Crippen molar-refractivity contribution in [2.45, 2.75) is 18.9 Å². The van der Waals surface area contributed by atoms with E-state index in [1.165, 1.54) is 16.7 Å². The Morgan fingerprint density at radius 3 is 2.63 bits per heavy atom. The summed E-state index contributed by atoms with van der Waals surface area (Å²) >= 11 is 1.18. The summed E-state index contributed by atoms with van der Waals surface area (Å²) in [5.41, 5.74) is 4.89. The molecular formula is C10H15N3O5S. The van der Waals surface area contributed by atoms with E-state index in [-0.39, 0.29) is 18.2 Å². The van der Waals surface area contributed by atoms with Crippen molar-refractivity contribution >= 4 is 34.8 Å². The van der Waals surface area contributed by atoms with Crippen LogP contribution in [0.2, 0.25) is 0 Å². The van der Waals surface area contributed by atoms with Gasteiger partial charge in [0, 0.05) is 25.3 Å². The first-order chi connectivity index (χ1) is 8.90. The Hall–Kier alpha value is -1.77. The molecule has 1 unspecified atom stereocenters. The van der Waals surface area contributed by atoms with Crippen molar-refractivity contribution in [1.29, 1.82) is 0 Å². The summed E-state index contributed by atoms with van der Waals surface area (Å²) in [5, 5.41) is 10.9. The van der Waals surface area contributed by atoms with Gasteiger partial charge in [-0.05, 0) is 0 Å². The largest absolute Gasteiger partial charge is 0.480 e. The fourth-order valence-corrected chi connectivity index (χ4v) is 2.38. The molecule has 0 saturated carbocycles. The number of nitrogens with one attached hydrogen (secondary N) is 1. The van der Waals surface area contributed by atoms with Crippen LogP contribution in [0.1, 0.15) is 12.8 Å². The number of carbonyl (C=O) groups excluding carboxylic acids is 3. The van der Waals surface area contributed by atoms with E-state index in [2.05, 4.69) is 5.32 Å². The molecular weight excluding hydrogens is 274 g/mol. The van der Waals surface area contributed by atoms with Crippen molar-refractivity contribution < 1.29 is 24.3 Å². The quantitative estimate of drug-likeness (QED) is 0.550. The van der Waals surface area contributed by atoms with Gasteiger partial charge >= 0.3 is 5.97 Å². The van der Waals surface area contributed by atoms with Gasteiger partial charge in [-0.15, -0.1) is 0 Å². The van der Waals surface area contributed by atoms with Gasteiger partial charge in [0.05, 0.1) is 6.42 Å². The van der Waals surface area contributed by atoms with Gasteiger partial charge in [0.1, 0.15) is 6.04 Å². The third kappa shape index (κ3) is 5.16. The first kappa shape index (κ1) is 15.3. The minimum absolute atomic E-state index is 0.00512. The summed E-state index contributed by atoms with van der Waals surface area (Å²) in [5.74, 6) is -1.96. The number of nitrogens with zero attached hydrogens (tertiary/aromatic N) is 1. The molecule has 4 N–H and O–H groups in total. The Bertz CT molecular complexity index is 401. The zero-order chi connectivity index (χ0) is 14.4. The van der Waals surface area contributed by atoms with Crippen LogP contribution >= 0.6 is 11.8 Å². The molecule has 0 spiro atoms. The number of hydrogen-bond donors (Lipinski definition) is 3. The van der Waals surface area contributed by atoms with Gasteiger partial charge in [-0.25, -0.2) is 4.79 Å². The van der Waals surface area contributed by atoms with E-state index in [4.69, 9.17) is 10.8 Å². The number of nitrogens with two attached hydrogens (primary N) is 1. The molecule has 1 atom stereocenters. The SMILES string of the molecule is NC(=O)CC(NC(=O)CCN1CCSC1=O)C(=O)O. The summed E-state index contributed by atoms with van der Waals surface area (Å²) in [4.78, 5) is 45.8. The summed E-state index contributed by atoms with van der Waals surface area (Å²) < 4.78 is 0. The van der Waals surface area contributed by atoms with Crippen molar-refractivity contribution in [2.24, 2.45) is 5.73 Å². The Morgan fingerprint density at radius 1 is 1.47 bits per heavy atom. The van der Waals surface area contributed by atoms with Crippen molar-refractivity contribution in [3.8, 4) is 0 Å². The van der Waals surface area contributed by atoms with Gasteiger partial charge in [0.2, 0.25) is 11.8 Å². The number of amides is 3. The molecule has 1 fully saturated rings. The molecule has 0 aromatic carbocycles. The Balaban J connectivity index is 2.37. The van der Waals surface area contributed by atoms with Crippen LogP contribution in [0.25, 0.3) is 0 Å². The van der Waals surface area contributed by atoms with E-state index >= 15 is 0 Å². The number of primary amides is 1. The second-order valence-corrected chi connectivity index (χ2v) is 5.03. The van der Waals surface area contributed by atoms with Crippen LogP contribution in [0.4, 0.5) is 4.79 Å². The second-order valence-electron chi connectivity index (χ2n) is 3.98. The van der Waals surface area contributed by atoms with Crippen molar-refractivity contribution in [3.63, 3.8) is 0 Å². The van der Waals surface area contributed by atoms with E-state index < -0.39 is 30.2 Å². The zero-order valence-electron chi connectivity index (χ0n) is 10.1. The molecule has 19 heavy (non-hydrogen) atoms. The van der Waals surface area contributed by atoms with Crippen molar-refractivity contribution in [1.82, 2.24) is 10.2 Å². The summed E-state index contributed by atoms with van der Waals surface area (Å²) in [6.07, 6.45) is -0.464. The molecule has 9 heteroatoms. The van der Waals surface area contributed by atoms with Gasteiger partial charge < -0.3 is 21.1 Å². The fraction of sp³-hybridized carbons (Fsp3) is 0.600. The number of carboxylic acid groups (broad SMARTS) is 1. The minimum atomic E-state index is -1.33. The fourth-order valence-electron chi connectivity index (χ4n) is 1.53. The van der Waals surface area contributed by atoms with Crippen LogP contribution in [0.5, 0.6) is 0 Å². The first-order valence-corrected chi connectivity index (χ1v) is 6.61. The molecule has 1 rings (SSSR count). The number of carboxylic acids is 1. The topological polar surface area (TPSA) is 130 Å². The Morgan fingerprint density at radius 2 is 2.16 bits per heavy atom. The molecule has 1 heterocycles. The number of carbonyl (C=O) groups is 4. The maximum atomic E-state index is 11.5. The average Bonchev–Trinajstić information content (AvgIpc) is 2.70. The minimum Gasteiger partial charge on any atom is -0.480 e. The van der Waals surface area contributed by atoms with Gasteiger partial charge in [0.25, 0.3) is 5.24 Å². The molecule has 0 bridgehead atoms. The van der Waals surface area contributed by atoms with Gasteiger partial charge in [-0.2, -0.15) is 0 Å². The maximum Gasteiger partial charge on any atom is 0.326 e. The van der Waals surface area contributed by atoms with Crippen LogP contribution in [0, 0.1) is 0 Å². The van der Waals surface area contributed by atoms with Crippen molar-refractivity contribution in [3.05, 3.63) is 0 Å². The zero-order valence-corrected chi connectivity index (χ0v) is 10.9. The van der Waals surface area contributed by atoms with Gasteiger partial charge in [0.15, 0.2) is 0 Å². The predicted octanol–water partition coefficient (Wildman–Crippen LogP) is -1.01. The molecule has 1 aliphatic rings. The lowest BCUT2D eigenvalue weighted by Gasteiger charge is -2.16. The van der Waals surface area contributed by atoms with Crippen LogP contribution < -0.4 is 11.1 Å². The standard InChI is InChI=1S/C10H15N3O5S/c11-7(14)5-6(9(16)17)12-8(15)1-2-13-3-4-19-10(13)18/h6H,1-5H2,(H2,11,14)(H,12,15)(H,16,17). The molecule has 1 aliphatic heterocycles. The van der Waals surface area contributed by atoms with Gasteiger partial charge in [-0.1, -0.05) is 11.8 Å². The van der Waals surface area contributed by atoms with Crippen LogP contribution in [-0.4, -0.2) is 57.9 Å². The highest BCUT2D eigenvalue weighted by atomic mass is 32.2. The van der Waals surface area contributed by atoms with E-state index in [9.17, 15) is 19.2 Å². The smallest absolute Gasteiger partial charge is 0.326 e. The van der Waals surface area contributed by atoms with Crippen LogP contribution in [-0.2, 0) is 14.4 Å². The lowest BCUT2D eigenvalue weighted by molar-refractivity contribution is -0.143. The van der Waals surface area contributed by atoms with E-state index in [0.29, 0.717) is 12.3 Å². The molecule has 0 radical (unpaired) electrons. The highest BCUT2D eigenvalue weighted by Gasteiger charge is 2.24. The summed E-state index contributed by atoms with van der Waals surface area (Å²) in [6.45, 7) is 0.820. The Labute approximate surface area is 113 Å². The normalized spacial score (nSPS) is 16.2. The number of aliphatic carboxylic acids is 1. The Kier molecular flexibility index (Phi) is 5.61. The highest BCUT2D eigenvalue weighted by molar-refractivity contribution is 8.13. The van der Waals surface area contributed by atoms with Gasteiger partial charge in [-0.3, -0.25) is 14.4 Å². The van der Waals surface area contributed by atoms with Crippen LogP contribution in [0.3, 0.4) is 0 Å². The highest BCUT2D eigenvalue weighted by Crippen LogP contribution is 2.16. The molecule has 8 nitrogen and oxygen atoms in total. The molecule has 0 aromatic heterocycles. The maximum absolute atomic E-state index is 11.5. The third-order valence-corrected chi connectivity index (χ3v) is 3.38. The summed E-state index contributed by atoms with van der Waals surface area (Å²) in [7, 11) is 0. The number of thioether (sulfide) groups is 1. The predicted molar refractivity (Wildman–Crippen MR) is 67.4 cm³/mol. The molecule has 0 aliphatic carbocycles. The molecule has 106 valence electrons. The lowest BCUT2D eigenvalue weighted by atomic mass is 10.2. The lowest BCUT2D eigenvalue weighted by Crippen LogP contribution is -2.44. The van der Waals surface area contributed by atoms with E-state index in [0.717, 1.165) is 0 Å². The van der Waals surface area contributed by atoms with E-state index in [1.54, 1.807) is 0 Å². The monoisotopic (exact) mass is 289 g/mol. The molecule has 3 amide bonds. The van der Waals surface area contributed by atoms with E-state index in [1.807, 2.05) is 0 Å². The average molecular weight is 289 g/mol. The molecule has 1 saturated heterocycles. The second kappa shape index (κ2) is 6.98. The molecule has 0 aromatic rings. The van der Waals surface area contributed by atoms with Crippen molar-refractivity contribution in [2.75, 3.05) is 18.8 Å². The number of hydrogen-bond acceptors (Lipinski definition) is 5. The number of rotatable bonds is 7. The summed E-state index contributed by atoms with van der Waals surface area (Å²) in [6, 6.07) is -1.33. The van der Waals surface area contributed by atoms with Crippen LogP contribution in [0.15, 0.2) is 0 Å².